The number of nitrogens with one attached hydrogen (secondary N) is 1. The maximum atomic E-state index is 12.5. The second-order valence-electron chi connectivity index (χ2n) is 6.91. The van der Waals surface area contributed by atoms with Crippen molar-refractivity contribution in [1.29, 1.82) is 0 Å². The van der Waals surface area contributed by atoms with Crippen LogP contribution in [0, 0.1) is 6.92 Å². The molecule has 1 amide bonds. The Morgan fingerprint density at radius 2 is 2.00 bits per heavy atom. The summed E-state index contributed by atoms with van der Waals surface area (Å²) in [7, 11) is 0. The number of carbonyl (C=O) groups excluding carboxylic acids is 1. The van der Waals surface area contributed by atoms with Crippen LogP contribution in [0.3, 0.4) is 0 Å². The molecule has 24 heavy (non-hydrogen) atoms. The Kier molecular flexibility index (Phi) is 5.18. The molecule has 2 aliphatic heterocycles. The SMILES string of the molecule is Cc1cc(=O)[nH]c(N2CCN(CC(=O)N3CCCC[C@@H]3C)CC2)n1. The number of aromatic amines is 1. The van der Waals surface area contributed by atoms with E-state index in [2.05, 4.69) is 26.7 Å². The Balaban J connectivity index is 1.53. The molecule has 0 aliphatic carbocycles. The first-order valence-corrected chi connectivity index (χ1v) is 8.87. The highest BCUT2D eigenvalue weighted by atomic mass is 16.2. The zero-order valence-corrected chi connectivity index (χ0v) is 14.6. The minimum Gasteiger partial charge on any atom is -0.340 e. The summed E-state index contributed by atoms with van der Waals surface area (Å²) in [5.41, 5.74) is 0.611. The van der Waals surface area contributed by atoms with Crippen LogP contribution in [0.25, 0.3) is 0 Å². The average Bonchev–Trinajstić information content (AvgIpc) is 2.55. The van der Waals surface area contributed by atoms with E-state index in [-0.39, 0.29) is 11.5 Å². The minimum atomic E-state index is -0.116. The van der Waals surface area contributed by atoms with Crippen molar-refractivity contribution in [3.8, 4) is 0 Å². The molecule has 1 aromatic heterocycles. The molecule has 0 saturated carbocycles. The van der Waals surface area contributed by atoms with Gasteiger partial charge in [0.05, 0.1) is 6.54 Å². The van der Waals surface area contributed by atoms with E-state index < -0.39 is 0 Å². The molecule has 1 aromatic rings. The minimum absolute atomic E-state index is 0.116. The van der Waals surface area contributed by atoms with Crippen LogP contribution in [0.15, 0.2) is 10.9 Å². The van der Waals surface area contributed by atoms with Crippen LogP contribution in [0.4, 0.5) is 5.95 Å². The lowest BCUT2D eigenvalue weighted by molar-refractivity contribution is -0.135. The van der Waals surface area contributed by atoms with Gasteiger partial charge in [0.15, 0.2) is 0 Å². The molecule has 0 spiro atoms. The van der Waals surface area contributed by atoms with Crippen molar-refractivity contribution in [1.82, 2.24) is 19.8 Å². The largest absolute Gasteiger partial charge is 0.340 e. The van der Waals surface area contributed by atoms with Gasteiger partial charge in [0.2, 0.25) is 11.9 Å². The maximum absolute atomic E-state index is 12.5. The number of piperazine rings is 1. The summed E-state index contributed by atoms with van der Waals surface area (Å²) < 4.78 is 0. The smallest absolute Gasteiger partial charge is 0.252 e. The van der Waals surface area contributed by atoms with Crippen molar-refractivity contribution in [2.24, 2.45) is 0 Å². The van der Waals surface area contributed by atoms with E-state index in [0.717, 1.165) is 51.3 Å². The highest BCUT2D eigenvalue weighted by Crippen LogP contribution is 2.17. The topological polar surface area (TPSA) is 72.5 Å². The van der Waals surface area contributed by atoms with E-state index >= 15 is 0 Å². The third-order valence-electron chi connectivity index (χ3n) is 5.01. The van der Waals surface area contributed by atoms with Crippen LogP contribution < -0.4 is 10.5 Å². The first kappa shape index (κ1) is 17.0. The van der Waals surface area contributed by atoms with Crippen LogP contribution in [0.1, 0.15) is 31.9 Å². The molecule has 3 rings (SSSR count). The van der Waals surface area contributed by atoms with Gasteiger partial charge in [0.1, 0.15) is 0 Å². The number of amides is 1. The van der Waals surface area contributed by atoms with E-state index in [1.165, 1.54) is 12.5 Å². The fraction of sp³-hybridized carbons (Fsp3) is 0.706. The molecular weight excluding hydrogens is 306 g/mol. The summed E-state index contributed by atoms with van der Waals surface area (Å²) in [5.74, 6) is 0.883. The monoisotopic (exact) mass is 333 g/mol. The van der Waals surface area contributed by atoms with Gasteiger partial charge < -0.3 is 9.80 Å². The predicted molar refractivity (Wildman–Crippen MR) is 93.3 cm³/mol. The number of hydrogen-bond donors (Lipinski definition) is 1. The van der Waals surface area contributed by atoms with Crippen molar-refractivity contribution >= 4 is 11.9 Å². The van der Waals surface area contributed by atoms with Gasteiger partial charge in [-0.25, -0.2) is 4.98 Å². The number of likely N-dealkylation sites (tertiary alicyclic amines) is 1. The summed E-state index contributed by atoms with van der Waals surface area (Å²) in [6.45, 7) is 8.54. The van der Waals surface area contributed by atoms with Crippen LogP contribution >= 0.6 is 0 Å². The van der Waals surface area contributed by atoms with Crippen molar-refractivity contribution in [3.63, 3.8) is 0 Å². The second-order valence-corrected chi connectivity index (χ2v) is 6.91. The molecule has 0 aromatic carbocycles. The van der Waals surface area contributed by atoms with Crippen LogP contribution in [0.5, 0.6) is 0 Å². The number of H-pyrrole nitrogens is 1. The summed E-state index contributed by atoms with van der Waals surface area (Å²) in [6.07, 6.45) is 3.47. The van der Waals surface area contributed by atoms with Gasteiger partial charge in [-0.05, 0) is 33.1 Å². The van der Waals surface area contributed by atoms with Crippen molar-refractivity contribution in [3.05, 3.63) is 22.1 Å². The van der Waals surface area contributed by atoms with E-state index in [0.29, 0.717) is 18.5 Å². The van der Waals surface area contributed by atoms with E-state index in [1.54, 1.807) is 0 Å². The number of aryl methyl sites for hydroxylation is 1. The maximum Gasteiger partial charge on any atom is 0.252 e. The molecule has 0 unspecified atom stereocenters. The van der Waals surface area contributed by atoms with E-state index in [1.807, 2.05) is 11.8 Å². The molecule has 1 atom stereocenters. The number of anilines is 1. The zero-order valence-electron chi connectivity index (χ0n) is 14.6. The lowest BCUT2D eigenvalue weighted by Gasteiger charge is -2.38. The highest BCUT2D eigenvalue weighted by molar-refractivity contribution is 5.78. The first-order valence-electron chi connectivity index (χ1n) is 8.87. The molecule has 7 nitrogen and oxygen atoms in total. The molecule has 1 N–H and O–H groups in total. The lowest BCUT2D eigenvalue weighted by atomic mass is 10.0. The Morgan fingerprint density at radius 1 is 1.25 bits per heavy atom. The molecule has 3 heterocycles. The number of hydrogen-bond acceptors (Lipinski definition) is 5. The zero-order chi connectivity index (χ0) is 17.1. The standard InChI is InChI=1S/C17H27N5O2/c1-13-11-15(23)19-17(18-13)21-9-7-20(8-10-21)12-16(24)22-6-4-3-5-14(22)2/h11,14H,3-10,12H2,1-2H3,(H,18,19,23)/t14-/m0/s1. The van der Waals surface area contributed by atoms with Crippen LogP contribution in [-0.4, -0.2) is 71.0 Å². The Morgan fingerprint density at radius 3 is 2.67 bits per heavy atom. The van der Waals surface area contributed by atoms with Gasteiger partial charge in [-0.15, -0.1) is 0 Å². The fourth-order valence-electron chi connectivity index (χ4n) is 3.58. The molecule has 7 heteroatoms. The number of piperidine rings is 1. The molecule has 0 bridgehead atoms. The lowest BCUT2D eigenvalue weighted by Crippen LogP contribution is -2.52. The van der Waals surface area contributed by atoms with E-state index in [9.17, 15) is 9.59 Å². The predicted octanol–water partition coefficient (Wildman–Crippen LogP) is 0.601. The van der Waals surface area contributed by atoms with Gasteiger partial charge in [0.25, 0.3) is 5.56 Å². The Labute approximate surface area is 142 Å². The highest BCUT2D eigenvalue weighted by Gasteiger charge is 2.26. The third-order valence-corrected chi connectivity index (χ3v) is 5.01. The normalized spacial score (nSPS) is 22.7. The molecule has 132 valence electrons. The number of rotatable bonds is 3. The van der Waals surface area contributed by atoms with Gasteiger partial charge >= 0.3 is 0 Å². The summed E-state index contributed by atoms with van der Waals surface area (Å²) in [5, 5.41) is 0. The summed E-state index contributed by atoms with van der Waals surface area (Å²) >= 11 is 0. The van der Waals surface area contributed by atoms with Gasteiger partial charge in [-0.1, -0.05) is 0 Å². The fourth-order valence-corrected chi connectivity index (χ4v) is 3.58. The molecule has 0 radical (unpaired) electrons. The Bertz CT molecular complexity index is 636. The summed E-state index contributed by atoms with van der Waals surface area (Å²) in [6, 6.07) is 1.87. The van der Waals surface area contributed by atoms with E-state index in [4.69, 9.17) is 0 Å². The molecule has 2 saturated heterocycles. The molecule has 2 aliphatic rings. The third kappa shape index (κ3) is 3.95. The van der Waals surface area contributed by atoms with Gasteiger partial charge in [-0.2, -0.15) is 0 Å². The van der Waals surface area contributed by atoms with Crippen molar-refractivity contribution in [2.45, 2.75) is 39.2 Å². The van der Waals surface area contributed by atoms with Crippen LogP contribution in [0.2, 0.25) is 0 Å². The number of carbonyl (C=O) groups is 1. The van der Waals surface area contributed by atoms with Crippen LogP contribution in [-0.2, 0) is 4.79 Å². The van der Waals surface area contributed by atoms with Gasteiger partial charge in [0, 0.05) is 50.5 Å². The van der Waals surface area contributed by atoms with Gasteiger partial charge in [-0.3, -0.25) is 19.5 Å². The van der Waals surface area contributed by atoms with Crippen molar-refractivity contribution in [2.75, 3.05) is 44.2 Å². The first-order chi connectivity index (χ1) is 11.5. The summed E-state index contributed by atoms with van der Waals surface area (Å²) in [4.78, 5) is 37.6. The Hall–Kier alpha value is -1.89. The molecule has 2 fully saturated rings. The number of aromatic nitrogens is 2. The molecular formula is C17H27N5O2. The number of nitrogens with zero attached hydrogens (tertiary/aromatic N) is 4. The quantitative estimate of drug-likeness (QED) is 0.877. The van der Waals surface area contributed by atoms with Crippen molar-refractivity contribution < 1.29 is 4.79 Å². The average molecular weight is 333 g/mol. The second kappa shape index (κ2) is 7.34.